The minimum atomic E-state index is -3.56. The van der Waals surface area contributed by atoms with Crippen molar-refractivity contribution in [2.24, 2.45) is 5.73 Å². The first-order valence-corrected chi connectivity index (χ1v) is 8.71. The van der Waals surface area contributed by atoms with Gasteiger partial charge in [0.25, 0.3) is 0 Å². The number of halogens is 1. The molecule has 2 aromatic carbocycles. The van der Waals surface area contributed by atoms with Crippen molar-refractivity contribution in [1.29, 1.82) is 0 Å². The molecular weight excluding hydrogens is 372 g/mol. The monoisotopic (exact) mass is 384 g/mol. The van der Waals surface area contributed by atoms with Crippen LogP contribution in [0.3, 0.4) is 0 Å². The minimum absolute atomic E-state index is 0.180. The van der Waals surface area contributed by atoms with Gasteiger partial charge in [0.15, 0.2) is 0 Å². The van der Waals surface area contributed by atoms with Crippen LogP contribution < -0.4 is 10.5 Å². The summed E-state index contributed by atoms with van der Waals surface area (Å²) < 4.78 is 27.8. The maximum Gasteiger partial charge on any atom is 0.240 e. The highest BCUT2D eigenvalue weighted by Crippen LogP contribution is 2.13. The predicted molar refractivity (Wildman–Crippen MR) is 90.5 cm³/mol. The lowest BCUT2D eigenvalue weighted by molar-refractivity contribution is 0.581. The Labute approximate surface area is 137 Å². The Morgan fingerprint density at radius 1 is 1.10 bits per heavy atom. The molecule has 21 heavy (non-hydrogen) atoms. The number of benzene rings is 2. The van der Waals surface area contributed by atoms with E-state index >= 15 is 0 Å². The molecule has 110 valence electrons. The summed E-state index contributed by atoms with van der Waals surface area (Å²) in [6.45, 7) is 0.229. The van der Waals surface area contributed by atoms with E-state index in [1.54, 1.807) is 12.1 Å². The number of hydrogen-bond acceptors (Lipinski definition) is 3. The van der Waals surface area contributed by atoms with E-state index < -0.39 is 10.0 Å². The zero-order valence-electron chi connectivity index (χ0n) is 10.9. The second-order valence-corrected chi connectivity index (χ2v) is 7.46. The molecule has 2 aromatic rings. The van der Waals surface area contributed by atoms with E-state index in [0.717, 1.165) is 10.0 Å². The summed E-state index contributed by atoms with van der Waals surface area (Å²) in [5.74, 6) is 0. The fourth-order valence-corrected chi connectivity index (χ4v) is 3.08. The van der Waals surface area contributed by atoms with Crippen LogP contribution in [0.25, 0.3) is 0 Å². The van der Waals surface area contributed by atoms with E-state index in [1.165, 1.54) is 12.1 Å². The van der Waals surface area contributed by atoms with E-state index in [2.05, 4.69) is 20.7 Å². The van der Waals surface area contributed by atoms with Crippen molar-refractivity contribution in [2.45, 2.75) is 11.4 Å². The highest BCUT2D eigenvalue weighted by Gasteiger charge is 2.13. The van der Waals surface area contributed by atoms with Crippen LogP contribution in [0.5, 0.6) is 0 Å². The van der Waals surface area contributed by atoms with Gasteiger partial charge in [-0.25, -0.2) is 13.1 Å². The minimum Gasteiger partial charge on any atom is -0.389 e. The first-order chi connectivity index (χ1) is 9.88. The van der Waals surface area contributed by atoms with Crippen molar-refractivity contribution in [1.82, 2.24) is 4.72 Å². The molecule has 0 aromatic heterocycles. The lowest BCUT2D eigenvalue weighted by atomic mass is 10.2. The van der Waals surface area contributed by atoms with Gasteiger partial charge >= 0.3 is 0 Å². The molecule has 0 saturated carbocycles. The van der Waals surface area contributed by atoms with E-state index in [0.29, 0.717) is 5.56 Å². The summed E-state index contributed by atoms with van der Waals surface area (Å²) in [6, 6.07) is 13.6. The summed E-state index contributed by atoms with van der Waals surface area (Å²) in [5, 5.41) is 0. The summed E-state index contributed by atoms with van der Waals surface area (Å²) in [4.78, 5) is 0.418. The molecule has 0 radical (unpaired) electrons. The summed E-state index contributed by atoms with van der Waals surface area (Å²) in [7, 11) is -3.56. The summed E-state index contributed by atoms with van der Waals surface area (Å²) in [5.41, 5.74) is 6.99. The number of sulfonamides is 1. The largest absolute Gasteiger partial charge is 0.389 e. The molecule has 0 bridgehead atoms. The molecule has 0 amide bonds. The Bertz CT molecular complexity index is 742. The third-order valence-electron chi connectivity index (χ3n) is 2.83. The van der Waals surface area contributed by atoms with Gasteiger partial charge in [0, 0.05) is 16.6 Å². The van der Waals surface area contributed by atoms with Crippen LogP contribution in [0.15, 0.2) is 57.9 Å². The van der Waals surface area contributed by atoms with Crippen LogP contribution in [0, 0.1) is 0 Å². The van der Waals surface area contributed by atoms with Gasteiger partial charge in [-0.1, -0.05) is 52.4 Å². The second kappa shape index (κ2) is 6.65. The Morgan fingerprint density at radius 3 is 2.19 bits per heavy atom. The van der Waals surface area contributed by atoms with Crippen LogP contribution in [0.2, 0.25) is 0 Å². The molecule has 0 atom stereocenters. The smallest absolute Gasteiger partial charge is 0.240 e. The van der Waals surface area contributed by atoms with Gasteiger partial charge < -0.3 is 5.73 Å². The fourth-order valence-electron chi connectivity index (χ4n) is 1.66. The number of nitrogens with two attached hydrogens (primary N) is 1. The van der Waals surface area contributed by atoms with Crippen molar-refractivity contribution in [3.63, 3.8) is 0 Å². The molecule has 0 saturated heterocycles. The topological polar surface area (TPSA) is 72.2 Å². The zero-order valence-corrected chi connectivity index (χ0v) is 14.1. The third kappa shape index (κ3) is 4.34. The second-order valence-electron chi connectivity index (χ2n) is 4.34. The van der Waals surface area contributed by atoms with E-state index in [4.69, 9.17) is 18.0 Å². The number of nitrogens with one attached hydrogen (secondary N) is 1. The average molecular weight is 385 g/mol. The van der Waals surface area contributed by atoms with Crippen LogP contribution in [0.4, 0.5) is 0 Å². The number of rotatable bonds is 5. The molecule has 3 N–H and O–H groups in total. The molecule has 0 unspecified atom stereocenters. The normalized spacial score (nSPS) is 11.3. The number of thiocarbonyl (C=S) groups is 1. The Morgan fingerprint density at radius 2 is 1.67 bits per heavy atom. The van der Waals surface area contributed by atoms with Gasteiger partial charge in [-0.15, -0.1) is 0 Å². The quantitative estimate of drug-likeness (QED) is 0.776. The molecule has 0 aliphatic heterocycles. The lowest BCUT2D eigenvalue weighted by Gasteiger charge is -2.08. The predicted octanol–water partition coefficient (Wildman–Crippen LogP) is 2.56. The van der Waals surface area contributed by atoms with Crippen molar-refractivity contribution in [2.75, 3.05) is 0 Å². The van der Waals surface area contributed by atoms with Gasteiger partial charge in [-0.3, -0.25) is 0 Å². The Hall–Kier alpha value is -1.28. The van der Waals surface area contributed by atoms with Crippen molar-refractivity contribution >= 4 is 43.2 Å². The van der Waals surface area contributed by atoms with Crippen molar-refractivity contribution in [3.8, 4) is 0 Å². The Kier molecular flexibility index (Phi) is 5.10. The van der Waals surface area contributed by atoms with Gasteiger partial charge in [-0.05, 0) is 29.8 Å². The Balaban J connectivity index is 2.11. The van der Waals surface area contributed by atoms with Gasteiger partial charge in [0.1, 0.15) is 4.99 Å². The first kappa shape index (κ1) is 16.1. The standard InChI is InChI=1S/C14H13BrN2O2S2/c15-12-5-1-10(2-6-12)9-17-21(18,19)13-7-3-11(4-8-13)14(16)20/h1-8,17H,9H2,(H2,16,20). The van der Waals surface area contributed by atoms with E-state index in [9.17, 15) is 8.42 Å². The molecule has 0 spiro atoms. The zero-order chi connectivity index (χ0) is 15.5. The fraction of sp³-hybridized carbons (Fsp3) is 0.0714. The van der Waals surface area contributed by atoms with Gasteiger partial charge in [-0.2, -0.15) is 0 Å². The molecule has 0 fully saturated rings. The van der Waals surface area contributed by atoms with Gasteiger partial charge in [0.05, 0.1) is 4.90 Å². The van der Waals surface area contributed by atoms with Crippen LogP contribution >= 0.6 is 28.1 Å². The van der Waals surface area contributed by atoms with Gasteiger partial charge in [0.2, 0.25) is 10.0 Å². The number of hydrogen-bond donors (Lipinski definition) is 2. The first-order valence-electron chi connectivity index (χ1n) is 6.02. The maximum absolute atomic E-state index is 12.2. The molecule has 7 heteroatoms. The molecule has 0 heterocycles. The van der Waals surface area contributed by atoms with Crippen LogP contribution in [-0.4, -0.2) is 13.4 Å². The summed E-state index contributed by atoms with van der Waals surface area (Å²) in [6.07, 6.45) is 0. The van der Waals surface area contributed by atoms with Crippen LogP contribution in [0.1, 0.15) is 11.1 Å². The van der Waals surface area contributed by atoms with Crippen molar-refractivity contribution in [3.05, 3.63) is 64.1 Å². The molecule has 2 rings (SSSR count). The highest BCUT2D eigenvalue weighted by molar-refractivity contribution is 9.10. The third-order valence-corrected chi connectivity index (χ3v) is 5.01. The average Bonchev–Trinajstić information content (AvgIpc) is 2.47. The van der Waals surface area contributed by atoms with E-state index in [1.807, 2.05) is 24.3 Å². The van der Waals surface area contributed by atoms with Crippen LogP contribution in [-0.2, 0) is 16.6 Å². The molecule has 0 aliphatic rings. The van der Waals surface area contributed by atoms with E-state index in [-0.39, 0.29) is 16.4 Å². The maximum atomic E-state index is 12.2. The molecule has 4 nitrogen and oxygen atoms in total. The molecular formula is C14H13BrN2O2S2. The SMILES string of the molecule is NC(=S)c1ccc(S(=O)(=O)NCc2ccc(Br)cc2)cc1. The summed E-state index contributed by atoms with van der Waals surface area (Å²) >= 11 is 8.16. The van der Waals surface area contributed by atoms with Crippen molar-refractivity contribution < 1.29 is 8.42 Å². The lowest BCUT2D eigenvalue weighted by Crippen LogP contribution is -2.23. The molecule has 0 aliphatic carbocycles. The highest BCUT2D eigenvalue weighted by atomic mass is 79.9.